The molecule has 1 aromatic carbocycles. The Bertz CT molecular complexity index is 541. The summed E-state index contributed by atoms with van der Waals surface area (Å²) in [4.78, 5) is 0.303. The standard InChI is InChI=1S/C15H22O3S/c1-11-4-7-14(8-5-11)18-19(16,17)15-9-6-12(2)10-13(15)3/h6,9-11,14H,4-5,7-8H2,1-3H3. The number of aryl methyl sites for hydroxylation is 2. The highest BCUT2D eigenvalue weighted by molar-refractivity contribution is 7.86. The third-order valence-corrected chi connectivity index (χ3v) is 5.35. The maximum Gasteiger partial charge on any atom is 0.297 e. The number of hydrogen-bond donors (Lipinski definition) is 0. The van der Waals surface area contributed by atoms with Crippen LogP contribution in [0.4, 0.5) is 0 Å². The van der Waals surface area contributed by atoms with Crippen molar-refractivity contribution < 1.29 is 12.6 Å². The van der Waals surface area contributed by atoms with E-state index in [0.717, 1.165) is 36.8 Å². The van der Waals surface area contributed by atoms with Crippen molar-refractivity contribution in [1.29, 1.82) is 0 Å². The van der Waals surface area contributed by atoms with Crippen LogP contribution in [-0.2, 0) is 14.3 Å². The Morgan fingerprint density at radius 1 is 1.11 bits per heavy atom. The van der Waals surface area contributed by atoms with Crippen molar-refractivity contribution in [1.82, 2.24) is 0 Å². The molecule has 0 bridgehead atoms. The Morgan fingerprint density at radius 3 is 2.32 bits per heavy atom. The SMILES string of the molecule is Cc1ccc(S(=O)(=O)OC2CCC(C)CC2)c(C)c1. The molecular formula is C15H22O3S. The summed E-state index contributed by atoms with van der Waals surface area (Å²) in [5, 5.41) is 0. The Kier molecular flexibility index (Phi) is 4.31. The molecule has 2 rings (SSSR count). The van der Waals surface area contributed by atoms with Crippen LogP contribution in [0.2, 0.25) is 0 Å². The lowest BCUT2D eigenvalue weighted by atomic mass is 9.89. The van der Waals surface area contributed by atoms with Gasteiger partial charge >= 0.3 is 0 Å². The van der Waals surface area contributed by atoms with Gasteiger partial charge in [0.15, 0.2) is 0 Å². The van der Waals surface area contributed by atoms with Gasteiger partial charge < -0.3 is 0 Å². The first-order valence-electron chi connectivity index (χ1n) is 6.89. The molecule has 0 aliphatic heterocycles. The molecule has 19 heavy (non-hydrogen) atoms. The van der Waals surface area contributed by atoms with Crippen molar-refractivity contribution in [2.45, 2.75) is 57.5 Å². The zero-order valence-corrected chi connectivity index (χ0v) is 12.7. The molecule has 0 aromatic heterocycles. The van der Waals surface area contributed by atoms with Crippen LogP contribution in [0.1, 0.15) is 43.7 Å². The van der Waals surface area contributed by atoms with Crippen LogP contribution < -0.4 is 0 Å². The van der Waals surface area contributed by atoms with Gasteiger partial charge in [0.2, 0.25) is 0 Å². The van der Waals surface area contributed by atoms with E-state index in [1.54, 1.807) is 6.07 Å². The van der Waals surface area contributed by atoms with Crippen LogP contribution >= 0.6 is 0 Å². The van der Waals surface area contributed by atoms with Crippen LogP contribution in [0.15, 0.2) is 23.1 Å². The Labute approximate surface area is 116 Å². The lowest BCUT2D eigenvalue weighted by molar-refractivity contribution is 0.142. The van der Waals surface area contributed by atoms with Gasteiger partial charge in [0, 0.05) is 0 Å². The molecule has 4 heteroatoms. The molecule has 1 aliphatic carbocycles. The fraction of sp³-hybridized carbons (Fsp3) is 0.600. The van der Waals surface area contributed by atoms with Crippen molar-refractivity contribution in [3.05, 3.63) is 29.3 Å². The first-order valence-corrected chi connectivity index (χ1v) is 8.30. The zero-order chi connectivity index (χ0) is 14.0. The van der Waals surface area contributed by atoms with E-state index in [1.807, 2.05) is 26.0 Å². The molecule has 3 nitrogen and oxygen atoms in total. The lowest BCUT2D eigenvalue weighted by Crippen LogP contribution is -2.24. The van der Waals surface area contributed by atoms with Crippen molar-refractivity contribution >= 4 is 10.1 Å². The molecule has 0 spiro atoms. The molecule has 1 aromatic rings. The van der Waals surface area contributed by atoms with Crippen molar-refractivity contribution in [2.75, 3.05) is 0 Å². The van der Waals surface area contributed by atoms with Crippen molar-refractivity contribution in [2.24, 2.45) is 5.92 Å². The molecule has 0 N–H and O–H groups in total. The minimum atomic E-state index is -3.62. The Hall–Kier alpha value is -0.870. The summed E-state index contributed by atoms with van der Waals surface area (Å²) in [7, 11) is -3.62. The maximum absolute atomic E-state index is 12.3. The van der Waals surface area contributed by atoms with Gasteiger partial charge in [-0.2, -0.15) is 8.42 Å². The van der Waals surface area contributed by atoms with E-state index in [4.69, 9.17) is 4.18 Å². The molecule has 0 radical (unpaired) electrons. The van der Waals surface area contributed by atoms with Crippen LogP contribution in [0.25, 0.3) is 0 Å². The molecule has 1 saturated carbocycles. The first kappa shape index (κ1) is 14.5. The quantitative estimate of drug-likeness (QED) is 0.796. The highest BCUT2D eigenvalue weighted by atomic mass is 32.2. The van der Waals surface area contributed by atoms with E-state index < -0.39 is 10.1 Å². The zero-order valence-electron chi connectivity index (χ0n) is 11.8. The summed E-state index contributed by atoms with van der Waals surface area (Å²) in [6, 6.07) is 5.33. The van der Waals surface area contributed by atoms with Crippen molar-refractivity contribution in [3.8, 4) is 0 Å². The van der Waals surface area contributed by atoms with Crippen LogP contribution in [0.5, 0.6) is 0 Å². The third kappa shape index (κ3) is 3.57. The molecule has 0 unspecified atom stereocenters. The van der Waals surface area contributed by atoms with E-state index >= 15 is 0 Å². The van der Waals surface area contributed by atoms with E-state index in [1.165, 1.54) is 0 Å². The Morgan fingerprint density at radius 2 is 1.74 bits per heavy atom. The van der Waals surface area contributed by atoms with Gasteiger partial charge in [0.1, 0.15) is 0 Å². The molecular weight excluding hydrogens is 260 g/mol. The summed E-state index contributed by atoms with van der Waals surface area (Å²) >= 11 is 0. The fourth-order valence-electron chi connectivity index (χ4n) is 2.64. The summed E-state index contributed by atoms with van der Waals surface area (Å²) < 4.78 is 30.0. The second-order valence-electron chi connectivity index (χ2n) is 5.70. The second kappa shape index (κ2) is 5.63. The summed E-state index contributed by atoms with van der Waals surface area (Å²) in [6.07, 6.45) is 3.62. The molecule has 0 saturated heterocycles. The molecule has 1 fully saturated rings. The van der Waals surface area contributed by atoms with E-state index in [0.29, 0.717) is 10.8 Å². The smallest absolute Gasteiger partial charge is 0.263 e. The molecule has 1 aliphatic rings. The average Bonchev–Trinajstić information content (AvgIpc) is 2.31. The minimum Gasteiger partial charge on any atom is -0.263 e. The van der Waals surface area contributed by atoms with Crippen LogP contribution in [0.3, 0.4) is 0 Å². The van der Waals surface area contributed by atoms with Gasteiger partial charge in [-0.25, -0.2) is 0 Å². The fourth-order valence-corrected chi connectivity index (χ4v) is 3.98. The first-order chi connectivity index (χ1) is 8.88. The molecule has 0 atom stereocenters. The maximum atomic E-state index is 12.3. The van der Waals surface area contributed by atoms with Gasteiger partial charge in [0.05, 0.1) is 11.0 Å². The lowest BCUT2D eigenvalue weighted by Gasteiger charge is -2.25. The van der Waals surface area contributed by atoms with Gasteiger partial charge in [-0.1, -0.05) is 24.6 Å². The molecule has 106 valence electrons. The van der Waals surface area contributed by atoms with Gasteiger partial charge in [-0.15, -0.1) is 0 Å². The highest BCUT2D eigenvalue weighted by Gasteiger charge is 2.26. The number of hydrogen-bond acceptors (Lipinski definition) is 3. The monoisotopic (exact) mass is 282 g/mol. The van der Waals surface area contributed by atoms with Gasteiger partial charge in [-0.05, 0) is 57.1 Å². The van der Waals surface area contributed by atoms with Gasteiger partial charge in [-0.3, -0.25) is 4.18 Å². The average molecular weight is 282 g/mol. The predicted octanol–water partition coefficient (Wildman–Crippen LogP) is 3.59. The van der Waals surface area contributed by atoms with E-state index in [9.17, 15) is 8.42 Å². The topological polar surface area (TPSA) is 43.4 Å². The normalized spacial score (nSPS) is 24.4. The molecule has 0 amide bonds. The molecule has 0 heterocycles. The highest BCUT2D eigenvalue weighted by Crippen LogP contribution is 2.29. The number of benzene rings is 1. The third-order valence-electron chi connectivity index (χ3n) is 3.83. The van der Waals surface area contributed by atoms with Crippen LogP contribution in [0, 0.1) is 19.8 Å². The summed E-state index contributed by atoms with van der Waals surface area (Å²) in [5.74, 6) is 0.684. The summed E-state index contributed by atoms with van der Waals surface area (Å²) in [5.41, 5.74) is 1.81. The van der Waals surface area contributed by atoms with Crippen molar-refractivity contribution in [3.63, 3.8) is 0 Å². The largest absolute Gasteiger partial charge is 0.297 e. The Balaban J connectivity index is 2.14. The van der Waals surface area contributed by atoms with Gasteiger partial charge in [0.25, 0.3) is 10.1 Å². The summed E-state index contributed by atoms with van der Waals surface area (Å²) in [6.45, 7) is 5.97. The van der Waals surface area contributed by atoms with E-state index in [2.05, 4.69) is 6.92 Å². The second-order valence-corrected chi connectivity index (χ2v) is 7.24. The number of rotatable bonds is 3. The van der Waals surface area contributed by atoms with E-state index in [-0.39, 0.29) is 6.10 Å². The minimum absolute atomic E-state index is 0.151. The predicted molar refractivity (Wildman–Crippen MR) is 75.6 cm³/mol. The van der Waals surface area contributed by atoms with Crippen LogP contribution in [-0.4, -0.2) is 14.5 Å².